The first-order chi connectivity index (χ1) is 23.4. The second-order valence-electron chi connectivity index (χ2n) is 12.7. The molecule has 1 aliphatic rings. The lowest BCUT2D eigenvalue weighted by Gasteiger charge is -2.17. The van der Waals surface area contributed by atoms with E-state index in [-0.39, 0.29) is 17.9 Å². The smallest absolute Gasteiger partial charge is 0.314 e. The summed E-state index contributed by atoms with van der Waals surface area (Å²) in [6.45, 7) is 1.75. The van der Waals surface area contributed by atoms with Crippen LogP contribution in [0.1, 0.15) is 122 Å². The van der Waals surface area contributed by atoms with Crippen molar-refractivity contribution in [2.24, 2.45) is 5.92 Å². The minimum Gasteiger partial charge on any atom is -0.482 e. The molecule has 2 aromatic carbocycles. The van der Waals surface area contributed by atoms with Gasteiger partial charge in [-0.2, -0.15) is 5.01 Å². The van der Waals surface area contributed by atoms with Gasteiger partial charge < -0.3 is 15.4 Å². The molecule has 1 unspecified atom stereocenters. The Morgan fingerprint density at radius 3 is 1.81 bits per heavy atom. The number of hydrogen-bond donors (Lipinski definition) is 3. The number of amides is 5. The van der Waals surface area contributed by atoms with Gasteiger partial charge >= 0.3 is 11.8 Å². The quantitative estimate of drug-likeness (QED) is 0.0634. The van der Waals surface area contributed by atoms with Crippen molar-refractivity contribution in [3.63, 3.8) is 0 Å². The summed E-state index contributed by atoms with van der Waals surface area (Å²) in [6.07, 6.45) is 21.1. The summed E-state index contributed by atoms with van der Waals surface area (Å²) in [7, 11) is 0. The van der Waals surface area contributed by atoms with Gasteiger partial charge in [-0.1, -0.05) is 140 Å². The third kappa shape index (κ3) is 14.3. The van der Waals surface area contributed by atoms with Gasteiger partial charge in [-0.15, -0.1) is 0 Å². The number of imide groups is 1. The lowest BCUT2D eigenvalue weighted by atomic mass is 9.98. The molecule has 3 N–H and O–H groups in total. The Bertz CT molecular complexity index is 1300. The van der Waals surface area contributed by atoms with Crippen molar-refractivity contribution < 1.29 is 28.7 Å². The average molecular weight is 663 g/mol. The maximum Gasteiger partial charge on any atom is 0.314 e. The molecule has 1 atom stereocenters. The number of hydrogen-bond acceptors (Lipinski definition) is 6. The molecule has 1 heterocycles. The zero-order chi connectivity index (χ0) is 34.4. The predicted molar refractivity (Wildman–Crippen MR) is 188 cm³/mol. The standard InChI is InChI=1S/C38H54N4O6/c1-2-3-4-5-6-7-8-9-10-11-12-13-14-15-16-18-23-30-28-35(44)42(38(30)47)41-34(43)29-48-33-27-22-21-26-32(33)40-37(46)36(45)39-31-24-19-17-20-25-31/h17,19-22,24-27,30H,2-16,18,23,28-29H2,1H3,(H,39,45)(H,40,46)(H,41,43). The molecule has 0 bridgehead atoms. The van der Waals surface area contributed by atoms with Gasteiger partial charge in [0.25, 0.3) is 11.8 Å². The minimum atomic E-state index is -0.914. The van der Waals surface area contributed by atoms with Crippen molar-refractivity contribution in [1.29, 1.82) is 0 Å². The van der Waals surface area contributed by atoms with Crippen LogP contribution in [0.25, 0.3) is 0 Å². The van der Waals surface area contributed by atoms with Crippen LogP contribution in [0, 0.1) is 5.92 Å². The second kappa shape index (κ2) is 22.4. The molecule has 1 aliphatic heterocycles. The number of ether oxygens (including phenoxy) is 1. The molecule has 1 fully saturated rings. The fourth-order valence-electron chi connectivity index (χ4n) is 5.86. The highest BCUT2D eigenvalue weighted by molar-refractivity contribution is 6.43. The number of para-hydroxylation sites is 3. The zero-order valence-electron chi connectivity index (χ0n) is 28.6. The molecule has 0 saturated carbocycles. The van der Waals surface area contributed by atoms with Crippen LogP contribution in [-0.4, -0.2) is 41.2 Å². The molecule has 0 aliphatic carbocycles. The molecule has 10 heteroatoms. The second-order valence-corrected chi connectivity index (χ2v) is 12.7. The first-order valence-corrected chi connectivity index (χ1v) is 17.9. The molecular weight excluding hydrogens is 608 g/mol. The van der Waals surface area contributed by atoms with Gasteiger partial charge in [-0.25, -0.2) is 0 Å². The molecule has 10 nitrogen and oxygen atoms in total. The van der Waals surface area contributed by atoms with Crippen LogP contribution in [0.5, 0.6) is 5.75 Å². The van der Waals surface area contributed by atoms with E-state index in [4.69, 9.17) is 4.74 Å². The first kappa shape index (κ1) is 38.2. The van der Waals surface area contributed by atoms with E-state index in [0.29, 0.717) is 12.1 Å². The van der Waals surface area contributed by atoms with Crippen LogP contribution in [0.4, 0.5) is 11.4 Å². The highest BCUT2D eigenvalue weighted by atomic mass is 16.5. The Balaban J connectivity index is 1.26. The first-order valence-electron chi connectivity index (χ1n) is 17.9. The van der Waals surface area contributed by atoms with Crippen LogP contribution in [0.2, 0.25) is 0 Å². The molecule has 0 aromatic heterocycles. The van der Waals surface area contributed by atoms with E-state index in [1.165, 1.54) is 95.6 Å². The van der Waals surface area contributed by atoms with Crippen molar-refractivity contribution in [2.45, 2.75) is 122 Å². The van der Waals surface area contributed by atoms with E-state index >= 15 is 0 Å². The summed E-state index contributed by atoms with van der Waals surface area (Å²) in [4.78, 5) is 62.7. The Morgan fingerprint density at radius 2 is 1.21 bits per heavy atom. The van der Waals surface area contributed by atoms with E-state index in [2.05, 4.69) is 23.0 Å². The summed E-state index contributed by atoms with van der Waals surface area (Å²) >= 11 is 0. The number of carbonyl (C=O) groups is 5. The Morgan fingerprint density at radius 1 is 0.688 bits per heavy atom. The summed E-state index contributed by atoms with van der Waals surface area (Å²) < 4.78 is 5.56. The highest BCUT2D eigenvalue weighted by Crippen LogP contribution is 2.26. The Kier molecular flexibility index (Phi) is 17.8. The topological polar surface area (TPSA) is 134 Å². The van der Waals surface area contributed by atoms with Gasteiger partial charge in [0, 0.05) is 18.0 Å². The van der Waals surface area contributed by atoms with Crippen molar-refractivity contribution in [1.82, 2.24) is 10.4 Å². The van der Waals surface area contributed by atoms with Gasteiger partial charge in [-0.05, 0) is 30.7 Å². The zero-order valence-corrected chi connectivity index (χ0v) is 28.6. The number of hydrazine groups is 1. The normalized spacial score (nSPS) is 14.2. The summed E-state index contributed by atoms with van der Waals surface area (Å²) in [5, 5.41) is 5.77. The average Bonchev–Trinajstić information content (AvgIpc) is 3.35. The van der Waals surface area contributed by atoms with Crippen LogP contribution >= 0.6 is 0 Å². The van der Waals surface area contributed by atoms with Crippen LogP contribution in [0.3, 0.4) is 0 Å². The summed E-state index contributed by atoms with van der Waals surface area (Å²) in [6, 6.07) is 14.9. The molecule has 1 saturated heterocycles. The maximum atomic E-state index is 12.9. The van der Waals surface area contributed by atoms with E-state index in [9.17, 15) is 24.0 Å². The van der Waals surface area contributed by atoms with Gasteiger partial charge in [0.2, 0.25) is 5.91 Å². The van der Waals surface area contributed by atoms with E-state index in [1.54, 1.807) is 42.5 Å². The molecule has 0 radical (unpaired) electrons. The largest absolute Gasteiger partial charge is 0.482 e. The number of benzene rings is 2. The third-order valence-electron chi connectivity index (χ3n) is 8.61. The fraction of sp³-hybridized carbons (Fsp3) is 0.553. The van der Waals surface area contributed by atoms with Crippen molar-refractivity contribution in [3.8, 4) is 5.75 Å². The molecule has 5 amide bonds. The Labute approximate surface area is 285 Å². The molecule has 48 heavy (non-hydrogen) atoms. The van der Waals surface area contributed by atoms with Gasteiger partial charge in [0.1, 0.15) is 5.75 Å². The summed E-state index contributed by atoms with van der Waals surface area (Å²) in [5.41, 5.74) is 3.01. The Hall–Kier alpha value is -4.21. The monoisotopic (exact) mass is 662 g/mol. The number of unbranched alkanes of at least 4 members (excludes halogenated alkanes) is 15. The molecule has 2 aromatic rings. The van der Waals surface area contributed by atoms with Crippen LogP contribution < -0.4 is 20.8 Å². The third-order valence-corrected chi connectivity index (χ3v) is 8.61. The van der Waals surface area contributed by atoms with Crippen LogP contribution in [0.15, 0.2) is 54.6 Å². The van der Waals surface area contributed by atoms with E-state index in [0.717, 1.165) is 24.3 Å². The van der Waals surface area contributed by atoms with E-state index < -0.39 is 42.1 Å². The maximum absolute atomic E-state index is 12.9. The minimum absolute atomic E-state index is 0.0820. The molecule has 3 rings (SSSR count). The SMILES string of the molecule is CCCCCCCCCCCCCCCCCCC1CC(=O)N(NC(=O)COc2ccccc2NC(=O)C(=O)Nc2ccccc2)C1=O. The van der Waals surface area contributed by atoms with Gasteiger partial charge in [-0.3, -0.25) is 29.4 Å². The van der Waals surface area contributed by atoms with Gasteiger partial charge in [0.15, 0.2) is 6.61 Å². The van der Waals surface area contributed by atoms with Crippen molar-refractivity contribution in [2.75, 3.05) is 17.2 Å². The fourth-order valence-corrected chi connectivity index (χ4v) is 5.86. The lowest BCUT2D eigenvalue weighted by Crippen LogP contribution is -2.47. The highest BCUT2D eigenvalue weighted by Gasteiger charge is 2.39. The van der Waals surface area contributed by atoms with Crippen molar-refractivity contribution in [3.05, 3.63) is 54.6 Å². The predicted octanol–water partition coefficient (Wildman–Crippen LogP) is 7.70. The number of anilines is 2. The molecular formula is C38H54N4O6. The summed E-state index contributed by atoms with van der Waals surface area (Å²) in [5.74, 6) is -3.59. The van der Waals surface area contributed by atoms with Crippen LogP contribution in [-0.2, 0) is 24.0 Å². The van der Waals surface area contributed by atoms with Gasteiger partial charge in [0.05, 0.1) is 5.69 Å². The lowest BCUT2D eigenvalue weighted by molar-refractivity contribution is -0.149. The van der Waals surface area contributed by atoms with Crippen molar-refractivity contribution >= 4 is 40.9 Å². The molecule has 262 valence electrons. The number of rotatable bonds is 23. The van der Waals surface area contributed by atoms with E-state index in [1.807, 2.05) is 0 Å². The molecule has 0 spiro atoms. The number of nitrogens with one attached hydrogen (secondary N) is 3. The number of nitrogens with zero attached hydrogens (tertiary/aromatic N) is 1. The number of carbonyl (C=O) groups excluding carboxylic acids is 5.